The largest absolute Gasteiger partial charge is 1.00 e. The van der Waals surface area contributed by atoms with Gasteiger partial charge in [0.15, 0.2) is 0 Å². The minimum absolute atomic E-state index is 0. The third-order valence-corrected chi connectivity index (χ3v) is 1.50. The molecule has 62 valence electrons. The minimum atomic E-state index is -4.71. The number of rotatable bonds is 5. The minimum Gasteiger partial charge on any atom is -0.790 e. The first-order valence-electron chi connectivity index (χ1n) is 3.23. The molecular formula is C5H11Na2O4P. The van der Waals surface area contributed by atoms with E-state index in [1.807, 2.05) is 6.92 Å². The number of hydrogen-bond donors (Lipinski definition) is 0. The molecule has 0 aromatic carbocycles. The van der Waals surface area contributed by atoms with Crippen molar-refractivity contribution in [3.8, 4) is 0 Å². The van der Waals surface area contributed by atoms with E-state index in [-0.39, 0.29) is 65.7 Å². The first-order chi connectivity index (χ1) is 4.56. The van der Waals surface area contributed by atoms with Gasteiger partial charge in [0.25, 0.3) is 0 Å². The molecule has 0 saturated heterocycles. The Morgan fingerprint density at radius 2 is 1.75 bits per heavy atom. The monoisotopic (exact) mass is 212 g/mol. The molecule has 0 amide bonds. The van der Waals surface area contributed by atoms with Crippen LogP contribution in [0.3, 0.4) is 0 Å². The fourth-order valence-corrected chi connectivity index (χ4v) is 0.881. The molecule has 0 aromatic rings. The number of phosphoric ester groups is 1. The van der Waals surface area contributed by atoms with Crippen LogP contribution in [0.2, 0.25) is 0 Å². The molecule has 4 nitrogen and oxygen atoms in total. The standard InChI is InChI=1S/C5H13O4P.2Na/c1-2-3-4-5-9-10(6,7)8;;/h2-5H2,1H3,(H2,6,7,8);;/q;2*+1/p-2. The Morgan fingerprint density at radius 1 is 1.25 bits per heavy atom. The van der Waals surface area contributed by atoms with Gasteiger partial charge >= 0.3 is 59.1 Å². The van der Waals surface area contributed by atoms with Crippen molar-refractivity contribution in [2.75, 3.05) is 6.61 Å². The fourth-order valence-electron chi connectivity index (χ4n) is 0.528. The van der Waals surface area contributed by atoms with Gasteiger partial charge < -0.3 is 18.9 Å². The van der Waals surface area contributed by atoms with Gasteiger partial charge in [0, 0.05) is 0 Å². The van der Waals surface area contributed by atoms with Crippen molar-refractivity contribution in [2.45, 2.75) is 26.2 Å². The SMILES string of the molecule is CCCCCOP(=O)([O-])[O-].[Na+].[Na+]. The maximum absolute atomic E-state index is 9.84. The second-order valence-electron chi connectivity index (χ2n) is 1.99. The molecule has 0 aliphatic heterocycles. The van der Waals surface area contributed by atoms with Gasteiger partial charge in [-0.2, -0.15) is 0 Å². The van der Waals surface area contributed by atoms with E-state index < -0.39 is 7.82 Å². The summed E-state index contributed by atoms with van der Waals surface area (Å²) in [7, 11) is -4.71. The van der Waals surface area contributed by atoms with Crippen LogP contribution in [0, 0.1) is 0 Å². The van der Waals surface area contributed by atoms with E-state index in [1.54, 1.807) is 0 Å². The van der Waals surface area contributed by atoms with Crippen molar-refractivity contribution in [1.29, 1.82) is 0 Å². The summed E-state index contributed by atoms with van der Waals surface area (Å²) in [6.45, 7) is 2.01. The van der Waals surface area contributed by atoms with Crippen LogP contribution in [0.4, 0.5) is 0 Å². The summed E-state index contributed by atoms with van der Waals surface area (Å²) in [6, 6.07) is 0. The van der Waals surface area contributed by atoms with E-state index in [0.717, 1.165) is 12.8 Å². The van der Waals surface area contributed by atoms with Gasteiger partial charge in [0.1, 0.15) is 0 Å². The van der Waals surface area contributed by atoms with Crippen LogP contribution in [0.15, 0.2) is 0 Å². The normalized spacial score (nSPS) is 9.92. The molecule has 7 heteroatoms. The van der Waals surface area contributed by atoms with Crippen LogP contribution in [0.5, 0.6) is 0 Å². The summed E-state index contributed by atoms with van der Waals surface area (Å²) in [5.74, 6) is 0. The second kappa shape index (κ2) is 11.2. The quantitative estimate of drug-likeness (QED) is 0.258. The molecule has 0 rings (SSSR count). The molecule has 12 heavy (non-hydrogen) atoms. The van der Waals surface area contributed by atoms with Crippen molar-refractivity contribution >= 4 is 7.82 Å². The van der Waals surface area contributed by atoms with Crippen LogP contribution in [0.25, 0.3) is 0 Å². The molecule has 0 heterocycles. The molecule has 0 bridgehead atoms. The summed E-state index contributed by atoms with van der Waals surface area (Å²) in [5, 5.41) is 0. The molecular weight excluding hydrogens is 201 g/mol. The predicted octanol–water partition coefficient (Wildman–Crippen LogP) is -5.97. The van der Waals surface area contributed by atoms with Crippen LogP contribution in [0.1, 0.15) is 26.2 Å². The molecule has 0 aromatic heterocycles. The molecule has 0 unspecified atom stereocenters. The fraction of sp³-hybridized carbons (Fsp3) is 1.00. The third kappa shape index (κ3) is 18.0. The summed E-state index contributed by atoms with van der Waals surface area (Å²) in [6.07, 6.45) is 2.50. The molecule has 0 aliphatic rings. The molecule has 0 atom stereocenters. The summed E-state index contributed by atoms with van der Waals surface area (Å²) < 4.78 is 13.8. The van der Waals surface area contributed by atoms with E-state index in [2.05, 4.69) is 4.52 Å². The number of phosphoric acid groups is 1. The Morgan fingerprint density at radius 3 is 2.08 bits per heavy atom. The molecule has 0 N–H and O–H groups in total. The van der Waals surface area contributed by atoms with E-state index in [4.69, 9.17) is 0 Å². The zero-order valence-corrected chi connectivity index (χ0v) is 12.8. The van der Waals surface area contributed by atoms with Gasteiger partial charge in [-0.15, -0.1) is 0 Å². The zero-order valence-electron chi connectivity index (χ0n) is 7.91. The smallest absolute Gasteiger partial charge is 0.790 e. The van der Waals surface area contributed by atoms with E-state index >= 15 is 0 Å². The number of hydrogen-bond acceptors (Lipinski definition) is 4. The molecule has 0 saturated carbocycles. The summed E-state index contributed by atoms with van der Waals surface area (Å²) in [4.78, 5) is 19.7. The Kier molecular flexibility index (Phi) is 18.3. The van der Waals surface area contributed by atoms with E-state index in [9.17, 15) is 14.4 Å². The Bertz CT molecular complexity index is 127. The van der Waals surface area contributed by atoms with Gasteiger partial charge in [0.05, 0.1) is 14.4 Å². The Hall–Kier alpha value is 2.11. The molecule has 0 radical (unpaired) electrons. The second-order valence-corrected chi connectivity index (χ2v) is 3.14. The Labute approximate surface area is 117 Å². The first-order valence-corrected chi connectivity index (χ1v) is 4.69. The predicted molar refractivity (Wildman–Crippen MR) is 33.1 cm³/mol. The maximum Gasteiger partial charge on any atom is 1.00 e. The van der Waals surface area contributed by atoms with Crippen LogP contribution in [-0.2, 0) is 9.09 Å². The average Bonchev–Trinajstić information content (AvgIpc) is 1.78. The summed E-state index contributed by atoms with van der Waals surface area (Å²) >= 11 is 0. The molecule has 0 aliphatic carbocycles. The van der Waals surface area contributed by atoms with Gasteiger partial charge in [-0.1, -0.05) is 19.8 Å². The first kappa shape index (κ1) is 19.6. The van der Waals surface area contributed by atoms with Crippen LogP contribution in [-0.4, -0.2) is 6.61 Å². The Balaban J connectivity index is -0.000000405. The number of unbranched alkanes of at least 4 members (excludes halogenated alkanes) is 2. The van der Waals surface area contributed by atoms with Gasteiger partial charge in [-0.25, -0.2) is 0 Å². The van der Waals surface area contributed by atoms with Crippen molar-refractivity contribution in [3.05, 3.63) is 0 Å². The van der Waals surface area contributed by atoms with Crippen LogP contribution >= 0.6 is 7.82 Å². The van der Waals surface area contributed by atoms with E-state index in [1.165, 1.54) is 0 Å². The zero-order chi connectivity index (χ0) is 8.04. The summed E-state index contributed by atoms with van der Waals surface area (Å²) in [5.41, 5.74) is 0. The molecule has 0 spiro atoms. The topological polar surface area (TPSA) is 72.4 Å². The third-order valence-electron chi connectivity index (χ3n) is 0.997. The molecule has 0 fully saturated rings. The van der Waals surface area contributed by atoms with Crippen molar-refractivity contribution in [3.63, 3.8) is 0 Å². The average molecular weight is 212 g/mol. The van der Waals surface area contributed by atoms with Crippen LogP contribution < -0.4 is 68.9 Å². The van der Waals surface area contributed by atoms with E-state index in [0.29, 0.717) is 6.42 Å². The van der Waals surface area contributed by atoms with Crippen molar-refractivity contribution in [1.82, 2.24) is 0 Å². The maximum atomic E-state index is 9.84. The van der Waals surface area contributed by atoms with Gasteiger partial charge in [-0.05, 0) is 6.42 Å². The van der Waals surface area contributed by atoms with Gasteiger partial charge in [0.2, 0.25) is 0 Å². The van der Waals surface area contributed by atoms with Gasteiger partial charge in [-0.3, -0.25) is 0 Å². The van der Waals surface area contributed by atoms with Crippen molar-refractivity contribution in [2.24, 2.45) is 0 Å². The van der Waals surface area contributed by atoms with Crippen molar-refractivity contribution < 1.29 is 78.0 Å².